The molecule has 8 heteroatoms. The standard InChI is InChI=1S/C25H20ClF2N5/c26-16-7-8-18-19(10-16)24(22-20(27)5-2-6-21(22)28)30-12-15-13-31-25(33-23(15)18)32-17-4-1-3-14(9-17)11-29/h1-5,7-10,13,21H,6,11-12,29H2,(H,31,32,33). The van der Waals surface area contributed by atoms with Gasteiger partial charge in [0.2, 0.25) is 5.95 Å². The van der Waals surface area contributed by atoms with Crippen molar-refractivity contribution in [1.82, 2.24) is 9.97 Å². The zero-order valence-corrected chi connectivity index (χ0v) is 18.3. The molecular formula is C25H20ClF2N5. The molecule has 0 amide bonds. The molecular weight excluding hydrogens is 444 g/mol. The van der Waals surface area contributed by atoms with Gasteiger partial charge in [0.25, 0.3) is 0 Å². The number of nitrogens with one attached hydrogen (secondary N) is 1. The first kappa shape index (κ1) is 21.4. The quantitative estimate of drug-likeness (QED) is 0.511. The molecule has 3 aromatic rings. The monoisotopic (exact) mass is 463 g/mol. The van der Waals surface area contributed by atoms with Crippen LogP contribution in [0.15, 0.2) is 77.2 Å². The third-order valence-electron chi connectivity index (χ3n) is 5.62. The van der Waals surface area contributed by atoms with Crippen molar-refractivity contribution >= 4 is 28.9 Å². The first-order chi connectivity index (χ1) is 16.0. The van der Waals surface area contributed by atoms with Crippen molar-refractivity contribution in [3.63, 3.8) is 0 Å². The molecule has 1 unspecified atom stereocenters. The van der Waals surface area contributed by atoms with Crippen LogP contribution in [0.2, 0.25) is 5.02 Å². The highest BCUT2D eigenvalue weighted by Crippen LogP contribution is 2.36. The summed E-state index contributed by atoms with van der Waals surface area (Å²) in [6.45, 7) is 0.610. The van der Waals surface area contributed by atoms with E-state index in [4.69, 9.17) is 22.3 Å². The summed E-state index contributed by atoms with van der Waals surface area (Å²) in [5, 5.41) is 3.64. The lowest BCUT2D eigenvalue weighted by molar-refractivity contribution is 0.382. The van der Waals surface area contributed by atoms with Gasteiger partial charge in [0, 0.05) is 52.1 Å². The second kappa shape index (κ2) is 8.84. The first-order valence-corrected chi connectivity index (χ1v) is 10.9. The van der Waals surface area contributed by atoms with Gasteiger partial charge in [-0.2, -0.15) is 0 Å². The maximum atomic E-state index is 14.8. The SMILES string of the molecule is NCc1cccc(Nc2ncc3c(n2)-c2ccc(Cl)cc2C(C2=C(F)C=CCC2F)=NC3)c1. The average molecular weight is 464 g/mol. The van der Waals surface area contributed by atoms with Crippen LogP contribution >= 0.6 is 11.6 Å². The summed E-state index contributed by atoms with van der Waals surface area (Å²) in [5.41, 5.74) is 10.3. The van der Waals surface area contributed by atoms with E-state index in [0.29, 0.717) is 34.3 Å². The minimum Gasteiger partial charge on any atom is -0.326 e. The number of fused-ring (bicyclic) bond motifs is 3. The minimum absolute atomic E-state index is 0.0567. The maximum Gasteiger partial charge on any atom is 0.227 e. The summed E-state index contributed by atoms with van der Waals surface area (Å²) in [6, 6.07) is 12.9. The summed E-state index contributed by atoms with van der Waals surface area (Å²) < 4.78 is 29.5. The molecule has 0 saturated carbocycles. The van der Waals surface area contributed by atoms with Gasteiger partial charge < -0.3 is 11.1 Å². The smallest absolute Gasteiger partial charge is 0.227 e. The highest BCUT2D eigenvalue weighted by molar-refractivity contribution is 6.31. The molecule has 1 aromatic heterocycles. The van der Waals surface area contributed by atoms with Crippen molar-refractivity contribution in [3.05, 3.63) is 93.9 Å². The van der Waals surface area contributed by atoms with E-state index in [-0.39, 0.29) is 24.3 Å². The van der Waals surface area contributed by atoms with Gasteiger partial charge in [-0.1, -0.05) is 35.9 Å². The molecule has 2 aliphatic rings. The van der Waals surface area contributed by atoms with Crippen molar-refractivity contribution in [3.8, 4) is 11.3 Å². The third kappa shape index (κ3) is 4.17. The summed E-state index contributed by atoms with van der Waals surface area (Å²) in [6.07, 6.45) is 3.06. The summed E-state index contributed by atoms with van der Waals surface area (Å²) in [5.74, 6) is -0.237. The van der Waals surface area contributed by atoms with Crippen LogP contribution in [-0.2, 0) is 13.1 Å². The van der Waals surface area contributed by atoms with Crippen LogP contribution < -0.4 is 11.1 Å². The fraction of sp³-hybridized carbons (Fsp3) is 0.160. The fourth-order valence-electron chi connectivity index (χ4n) is 4.03. The molecule has 2 heterocycles. The second-order valence-corrected chi connectivity index (χ2v) is 8.26. The summed E-state index contributed by atoms with van der Waals surface area (Å²) in [7, 11) is 0. The number of alkyl halides is 1. The lowest BCUT2D eigenvalue weighted by Crippen LogP contribution is -2.19. The predicted octanol–water partition coefficient (Wildman–Crippen LogP) is 5.82. The average Bonchev–Trinajstić information content (AvgIpc) is 2.96. The lowest BCUT2D eigenvalue weighted by Gasteiger charge is -2.19. The van der Waals surface area contributed by atoms with Crippen LogP contribution in [0.25, 0.3) is 11.3 Å². The van der Waals surface area contributed by atoms with Crippen molar-refractivity contribution < 1.29 is 8.78 Å². The number of anilines is 2. The van der Waals surface area contributed by atoms with E-state index in [2.05, 4.69) is 15.3 Å². The van der Waals surface area contributed by atoms with Crippen molar-refractivity contribution in [2.75, 3.05) is 5.32 Å². The van der Waals surface area contributed by atoms with Crippen LogP contribution in [0.5, 0.6) is 0 Å². The Labute approximate surface area is 194 Å². The van der Waals surface area contributed by atoms with E-state index in [0.717, 1.165) is 16.8 Å². The normalized spacial score (nSPS) is 17.2. The number of aromatic nitrogens is 2. The topological polar surface area (TPSA) is 76.2 Å². The number of hydrogen-bond acceptors (Lipinski definition) is 5. The van der Waals surface area contributed by atoms with E-state index in [1.165, 1.54) is 12.2 Å². The first-order valence-electron chi connectivity index (χ1n) is 10.5. The largest absolute Gasteiger partial charge is 0.326 e. The van der Waals surface area contributed by atoms with Crippen molar-refractivity contribution in [1.29, 1.82) is 0 Å². The Morgan fingerprint density at radius 3 is 2.85 bits per heavy atom. The van der Waals surface area contributed by atoms with E-state index in [1.54, 1.807) is 24.4 Å². The molecule has 1 aliphatic heterocycles. The van der Waals surface area contributed by atoms with E-state index in [1.807, 2.05) is 24.3 Å². The summed E-state index contributed by atoms with van der Waals surface area (Å²) >= 11 is 6.27. The predicted molar refractivity (Wildman–Crippen MR) is 127 cm³/mol. The van der Waals surface area contributed by atoms with E-state index >= 15 is 0 Å². The van der Waals surface area contributed by atoms with Gasteiger partial charge in [0.15, 0.2) is 0 Å². The Kier molecular flexibility index (Phi) is 5.74. The zero-order valence-electron chi connectivity index (χ0n) is 17.5. The minimum atomic E-state index is -1.49. The molecule has 33 heavy (non-hydrogen) atoms. The van der Waals surface area contributed by atoms with Gasteiger partial charge in [-0.05, 0) is 35.9 Å². The molecule has 0 saturated heterocycles. The molecule has 166 valence electrons. The third-order valence-corrected chi connectivity index (χ3v) is 5.85. The van der Waals surface area contributed by atoms with Gasteiger partial charge in [-0.15, -0.1) is 0 Å². The van der Waals surface area contributed by atoms with Crippen molar-refractivity contribution in [2.24, 2.45) is 10.7 Å². The number of halogens is 3. The second-order valence-electron chi connectivity index (χ2n) is 7.82. The molecule has 3 N–H and O–H groups in total. The highest BCUT2D eigenvalue weighted by Gasteiger charge is 2.29. The molecule has 5 rings (SSSR count). The number of nitrogens with zero attached hydrogens (tertiary/aromatic N) is 3. The number of rotatable bonds is 4. The van der Waals surface area contributed by atoms with Crippen LogP contribution in [0, 0.1) is 0 Å². The molecule has 1 aliphatic carbocycles. The Bertz CT molecular complexity index is 1330. The Hall–Kier alpha value is -3.42. The Morgan fingerprint density at radius 1 is 1.15 bits per heavy atom. The van der Waals surface area contributed by atoms with E-state index in [9.17, 15) is 8.78 Å². The molecule has 5 nitrogen and oxygen atoms in total. The van der Waals surface area contributed by atoms with Crippen molar-refractivity contribution in [2.45, 2.75) is 25.7 Å². The van der Waals surface area contributed by atoms with Gasteiger partial charge in [0.05, 0.1) is 18.0 Å². The molecule has 0 spiro atoms. The lowest BCUT2D eigenvalue weighted by atomic mass is 9.90. The molecule has 1 atom stereocenters. The van der Waals surface area contributed by atoms with Gasteiger partial charge >= 0.3 is 0 Å². The van der Waals surface area contributed by atoms with E-state index < -0.39 is 12.0 Å². The number of hydrogen-bond donors (Lipinski definition) is 2. The fourth-order valence-corrected chi connectivity index (χ4v) is 4.20. The van der Waals surface area contributed by atoms with Crippen LogP contribution in [-0.4, -0.2) is 21.9 Å². The van der Waals surface area contributed by atoms with Crippen LogP contribution in [0.1, 0.15) is 23.1 Å². The number of aliphatic imine (C=N–C) groups is 1. The number of benzene rings is 2. The number of allylic oxidation sites excluding steroid dienone is 4. The number of nitrogens with two attached hydrogens (primary N) is 1. The van der Waals surface area contributed by atoms with Crippen LogP contribution in [0.4, 0.5) is 20.4 Å². The molecule has 0 bridgehead atoms. The van der Waals surface area contributed by atoms with Crippen LogP contribution in [0.3, 0.4) is 0 Å². The molecule has 0 radical (unpaired) electrons. The van der Waals surface area contributed by atoms with Gasteiger partial charge in [-0.3, -0.25) is 4.99 Å². The highest BCUT2D eigenvalue weighted by atomic mass is 35.5. The maximum absolute atomic E-state index is 14.8. The Morgan fingerprint density at radius 2 is 2.03 bits per heavy atom. The summed E-state index contributed by atoms with van der Waals surface area (Å²) in [4.78, 5) is 13.7. The molecule has 2 aromatic carbocycles. The molecule has 0 fully saturated rings. The zero-order chi connectivity index (χ0) is 22.9. The van der Waals surface area contributed by atoms with Gasteiger partial charge in [-0.25, -0.2) is 18.7 Å². The van der Waals surface area contributed by atoms with Gasteiger partial charge in [0.1, 0.15) is 12.0 Å². The Balaban J connectivity index is 1.61.